The molecule has 0 bridgehead atoms. The highest BCUT2D eigenvalue weighted by atomic mass is 32.2. The minimum atomic E-state index is -4.43. The number of carbonyl (C=O) groups is 1. The van der Waals surface area contributed by atoms with Gasteiger partial charge in [-0.25, -0.2) is 8.42 Å². The number of benzene rings is 3. The molecular weight excluding hydrogens is 467 g/mol. The van der Waals surface area contributed by atoms with Gasteiger partial charge < -0.3 is 9.80 Å². The van der Waals surface area contributed by atoms with E-state index in [0.717, 1.165) is 22.9 Å². The summed E-state index contributed by atoms with van der Waals surface area (Å²) in [5, 5.41) is 1.68. The predicted octanol–water partition coefficient (Wildman–Crippen LogP) is 3.87. The molecule has 0 aromatic heterocycles. The van der Waals surface area contributed by atoms with Crippen molar-refractivity contribution >= 4 is 32.4 Å². The van der Waals surface area contributed by atoms with Crippen molar-refractivity contribution in [3.8, 4) is 0 Å². The summed E-state index contributed by atoms with van der Waals surface area (Å²) in [5.74, 6) is -0.381. The number of alkyl halides is 3. The first-order valence-electron chi connectivity index (χ1n) is 10.8. The van der Waals surface area contributed by atoms with E-state index in [4.69, 9.17) is 0 Å². The summed E-state index contributed by atoms with van der Waals surface area (Å²) in [7, 11) is -3.92. The lowest BCUT2D eigenvalue weighted by Crippen LogP contribution is -2.54. The second-order valence-corrected chi connectivity index (χ2v) is 9.93. The Labute approximate surface area is 196 Å². The fraction of sp³-hybridized carbons (Fsp3) is 0.292. The minimum Gasteiger partial charge on any atom is -0.368 e. The van der Waals surface area contributed by atoms with Crippen molar-refractivity contribution in [1.82, 2.24) is 9.62 Å². The number of sulfonamides is 1. The van der Waals surface area contributed by atoms with Crippen molar-refractivity contribution in [1.29, 1.82) is 0 Å². The summed E-state index contributed by atoms with van der Waals surface area (Å²) in [6.45, 7) is 2.72. The number of amides is 1. The minimum absolute atomic E-state index is 0.0696. The number of hydrogen-bond acceptors (Lipinski definition) is 4. The smallest absolute Gasteiger partial charge is 0.368 e. The highest BCUT2D eigenvalue weighted by Crippen LogP contribution is 2.32. The molecule has 1 atom stereocenters. The molecule has 3 aromatic carbocycles. The van der Waals surface area contributed by atoms with E-state index in [2.05, 4.69) is 4.72 Å². The van der Waals surface area contributed by atoms with E-state index < -0.39 is 27.8 Å². The van der Waals surface area contributed by atoms with Gasteiger partial charge >= 0.3 is 6.18 Å². The Morgan fingerprint density at radius 3 is 2.26 bits per heavy atom. The van der Waals surface area contributed by atoms with E-state index in [-0.39, 0.29) is 23.9 Å². The van der Waals surface area contributed by atoms with Gasteiger partial charge in [-0.15, -0.1) is 0 Å². The Hall–Kier alpha value is -3.11. The molecule has 1 aliphatic rings. The fourth-order valence-corrected chi connectivity index (χ4v) is 5.26. The van der Waals surface area contributed by atoms with Gasteiger partial charge in [0.15, 0.2) is 0 Å². The van der Waals surface area contributed by atoms with E-state index >= 15 is 0 Å². The van der Waals surface area contributed by atoms with Gasteiger partial charge in [0.1, 0.15) is 0 Å². The molecule has 1 N–H and O–H groups in total. The second-order valence-electron chi connectivity index (χ2n) is 8.21. The number of anilines is 1. The van der Waals surface area contributed by atoms with Crippen molar-refractivity contribution in [2.24, 2.45) is 0 Å². The molecule has 6 nitrogen and oxygen atoms in total. The molecule has 3 aromatic rings. The van der Waals surface area contributed by atoms with Gasteiger partial charge in [0.05, 0.1) is 16.5 Å². The van der Waals surface area contributed by atoms with Crippen LogP contribution in [0.5, 0.6) is 0 Å². The first-order valence-corrected chi connectivity index (χ1v) is 12.2. The zero-order valence-corrected chi connectivity index (χ0v) is 19.2. The number of fused-ring (bicyclic) bond motifs is 1. The maximum atomic E-state index is 13.0. The molecule has 0 spiro atoms. The Balaban J connectivity index is 1.39. The lowest BCUT2D eigenvalue weighted by molar-refractivity contribution is -0.137. The molecule has 1 saturated heterocycles. The molecule has 0 unspecified atom stereocenters. The van der Waals surface area contributed by atoms with Crippen LogP contribution in [0.4, 0.5) is 18.9 Å². The summed E-state index contributed by atoms with van der Waals surface area (Å²) in [5.41, 5.74) is -0.285. The van der Waals surface area contributed by atoms with Crippen molar-refractivity contribution in [2.75, 3.05) is 31.1 Å². The van der Waals surface area contributed by atoms with Crippen LogP contribution in [0.2, 0.25) is 0 Å². The van der Waals surface area contributed by atoms with E-state index in [1.54, 1.807) is 23.1 Å². The van der Waals surface area contributed by atoms with Crippen molar-refractivity contribution in [2.45, 2.75) is 24.0 Å². The van der Waals surface area contributed by atoms with Gasteiger partial charge in [0, 0.05) is 31.9 Å². The SMILES string of the molecule is C[C@@H](NS(=O)(=O)c1ccc2ccccc2c1)C(=O)N1CCN(c2cccc(C(F)(F)F)c2)CC1. The summed E-state index contributed by atoms with van der Waals surface area (Å²) in [4.78, 5) is 16.3. The van der Waals surface area contributed by atoms with E-state index in [9.17, 15) is 26.4 Å². The average molecular weight is 492 g/mol. The Kier molecular flexibility index (Phi) is 6.55. The first-order chi connectivity index (χ1) is 16.0. The maximum Gasteiger partial charge on any atom is 0.416 e. The van der Waals surface area contributed by atoms with Crippen molar-refractivity contribution in [3.05, 3.63) is 72.3 Å². The molecular formula is C24H24F3N3O3S. The van der Waals surface area contributed by atoms with E-state index in [1.165, 1.54) is 24.0 Å². The van der Waals surface area contributed by atoms with Crippen LogP contribution in [0, 0.1) is 0 Å². The van der Waals surface area contributed by atoms with Crippen LogP contribution >= 0.6 is 0 Å². The third kappa shape index (κ3) is 5.18. The summed E-state index contributed by atoms with van der Waals surface area (Å²) < 4.78 is 67.1. The van der Waals surface area contributed by atoms with Crippen molar-refractivity contribution in [3.63, 3.8) is 0 Å². The zero-order valence-electron chi connectivity index (χ0n) is 18.4. The van der Waals surface area contributed by atoms with Crippen LogP contribution in [-0.4, -0.2) is 51.4 Å². The van der Waals surface area contributed by atoms with Gasteiger partial charge in [-0.1, -0.05) is 36.4 Å². The first kappa shape index (κ1) is 24.0. The van der Waals surface area contributed by atoms with Gasteiger partial charge in [-0.3, -0.25) is 4.79 Å². The number of carbonyl (C=O) groups excluding carboxylic acids is 1. The highest BCUT2D eigenvalue weighted by Gasteiger charge is 2.32. The number of nitrogens with zero attached hydrogens (tertiary/aromatic N) is 2. The van der Waals surface area contributed by atoms with Gasteiger partial charge in [-0.05, 0) is 48.0 Å². The predicted molar refractivity (Wildman–Crippen MR) is 124 cm³/mol. The van der Waals surface area contributed by atoms with Crippen LogP contribution in [0.15, 0.2) is 71.6 Å². The zero-order chi connectivity index (χ0) is 24.5. The summed E-state index contributed by atoms with van der Waals surface area (Å²) >= 11 is 0. The molecule has 1 amide bonds. The fourth-order valence-electron chi connectivity index (χ4n) is 4.02. The van der Waals surface area contributed by atoms with Crippen LogP contribution in [0.25, 0.3) is 10.8 Å². The molecule has 34 heavy (non-hydrogen) atoms. The highest BCUT2D eigenvalue weighted by molar-refractivity contribution is 7.89. The molecule has 180 valence electrons. The normalized spacial score (nSPS) is 16.0. The third-order valence-electron chi connectivity index (χ3n) is 5.86. The summed E-state index contributed by atoms with van der Waals surface area (Å²) in [6.07, 6.45) is -4.43. The van der Waals surface area contributed by atoms with Crippen LogP contribution in [0.3, 0.4) is 0 Å². The number of hydrogen-bond donors (Lipinski definition) is 1. The van der Waals surface area contributed by atoms with Crippen LogP contribution in [-0.2, 0) is 21.0 Å². The lowest BCUT2D eigenvalue weighted by Gasteiger charge is -2.37. The molecule has 0 radical (unpaired) electrons. The van der Waals surface area contributed by atoms with Crippen LogP contribution < -0.4 is 9.62 Å². The molecule has 4 rings (SSSR count). The van der Waals surface area contributed by atoms with Gasteiger partial charge in [0.2, 0.25) is 15.9 Å². The second kappa shape index (κ2) is 9.27. The molecule has 0 saturated carbocycles. The van der Waals surface area contributed by atoms with Crippen LogP contribution in [0.1, 0.15) is 12.5 Å². The molecule has 0 aliphatic carbocycles. The monoisotopic (exact) mass is 491 g/mol. The average Bonchev–Trinajstić information content (AvgIpc) is 2.82. The largest absolute Gasteiger partial charge is 0.416 e. The van der Waals surface area contributed by atoms with E-state index in [0.29, 0.717) is 18.8 Å². The molecule has 1 fully saturated rings. The summed E-state index contributed by atoms with van der Waals surface area (Å²) in [6, 6.07) is 16.2. The Bertz CT molecular complexity index is 1300. The quantitative estimate of drug-likeness (QED) is 0.588. The van der Waals surface area contributed by atoms with Crippen molar-refractivity contribution < 1.29 is 26.4 Å². The number of nitrogens with one attached hydrogen (secondary N) is 1. The van der Waals surface area contributed by atoms with Gasteiger partial charge in [0.25, 0.3) is 0 Å². The topological polar surface area (TPSA) is 69.7 Å². The lowest BCUT2D eigenvalue weighted by atomic mass is 10.1. The molecule has 10 heteroatoms. The molecule has 1 aliphatic heterocycles. The Morgan fingerprint density at radius 1 is 0.912 bits per heavy atom. The Morgan fingerprint density at radius 2 is 1.59 bits per heavy atom. The van der Waals surface area contributed by atoms with E-state index in [1.807, 2.05) is 24.3 Å². The molecule has 1 heterocycles. The maximum absolute atomic E-state index is 13.0. The number of rotatable bonds is 5. The number of piperazine rings is 1. The van der Waals surface area contributed by atoms with Gasteiger partial charge in [-0.2, -0.15) is 17.9 Å². The third-order valence-corrected chi connectivity index (χ3v) is 7.40. The standard InChI is InChI=1S/C24H24F3N3O3S/c1-17(28-34(32,33)22-10-9-18-5-2-3-6-19(18)15-22)23(31)30-13-11-29(12-14-30)21-8-4-7-20(16-21)24(25,26)27/h2-10,15-17,28H,11-14H2,1H3/t17-/m1/s1. The number of halogens is 3.